The van der Waals surface area contributed by atoms with E-state index in [1.165, 1.54) is 6.07 Å². The molecule has 0 bridgehead atoms. The van der Waals surface area contributed by atoms with Crippen LogP contribution in [0.1, 0.15) is 20.3 Å². The Kier molecular flexibility index (Phi) is 5.27. The first-order valence-corrected chi connectivity index (χ1v) is 8.19. The topological polar surface area (TPSA) is 72.2 Å². The molecule has 2 aromatic carbocycles. The molecule has 0 aliphatic rings. The van der Waals surface area contributed by atoms with Gasteiger partial charge in [-0.15, -0.1) is 0 Å². The number of anilines is 1. The zero-order valence-electron chi connectivity index (χ0n) is 12.5. The van der Waals surface area contributed by atoms with Gasteiger partial charge in [-0.2, -0.15) is 0 Å². The van der Waals surface area contributed by atoms with E-state index in [1.807, 2.05) is 19.9 Å². The standard InChI is InChI=1S/C16H18N2O3S/c1-3-12(2)17-15-10-9-14(11-16(15)18(19)20)22(21)13-7-5-4-6-8-13/h4-12,17H,3H2,1-2H3. The van der Waals surface area contributed by atoms with Gasteiger partial charge in [0.2, 0.25) is 0 Å². The van der Waals surface area contributed by atoms with Crippen LogP contribution in [0.2, 0.25) is 0 Å². The maximum Gasteiger partial charge on any atom is 0.293 e. The summed E-state index contributed by atoms with van der Waals surface area (Å²) in [5.74, 6) is 0. The minimum absolute atomic E-state index is 0.0536. The molecule has 116 valence electrons. The molecule has 5 nitrogen and oxygen atoms in total. The first-order chi connectivity index (χ1) is 10.5. The average molecular weight is 318 g/mol. The van der Waals surface area contributed by atoms with Crippen molar-refractivity contribution < 1.29 is 9.13 Å². The summed E-state index contributed by atoms with van der Waals surface area (Å²) in [6.45, 7) is 3.96. The van der Waals surface area contributed by atoms with Crippen molar-refractivity contribution in [1.82, 2.24) is 0 Å². The first kappa shape index (κ1) is 16.2. The number of nitrogens with zero attached hydrogens (tertiary/aromatic N) is 1. The van der Waals surface area contributed by atoms with Crippen LogP contribution in [-0.2, 0) is 10.8 Å². The average Bonchev–Trinajstić information content (AvgIpc) is 2.55. The van der Waals surface area contributed by atoms with E-state index in [0.29, 0.717) is 15.5 Å². The lowest BCUT2D eigenvalue weighted by molar-refractivity contribution is -0.384. The molecule has 0 radical (unpaired) electrons. The van der Waals surface area contributed by atoms with Gasteiger partial charge in [-0.3, -0.25) is 10.1 Å². The number of hydrogen-bond acceptors (Lipinski definition) is 4. The van der Waals surface area contributed by atoms with Crippen LogP contribution in [0, 0.1) is 10.1 Å². The van der Waals surface area contributed by atoms with Gasteiger partial charge in [-0.1, -0.05) is 25.1 Å². The molecule has 6 heteroatoms. The molecular weight excluding hydrogens is 300 g/mol. The fourth-order valence-electron chi connectivity index (χ4n) is 1.95. The Labute approximate surface area is 132 Å². The smallest absolute Gasteiger partial charge is 0.293 e. The van der Waals surface area contributed by atoms with Gasteiger partial charge in [-0.05, 0) is 37.6 Å². The highest BCUT2D eigenvalue weighted by Crippen LogP contribution is 2.29. The Balaban J connectivity index is 2.37. The molecule has 2 unspecified atom stereocenters. The van der Waals surface area contributed by atoms with Gasteiger partial charge in [0.15, 0.2) is 0 Å². The molecule has 2 rings (SSSR count). The second-order valence-electron chi connectivity index (χ2n) is 4.97. The SMILES string of the molecule is CCC(C)Nc1ccc(S(=O)c2ccccc2)cc1[N+](=O)[O-]. The Morgan fingerprint density at radius 3 is 2.45 bits per heavy atom. The highest BCUT2D eigenvalue weighted by atomic mass is 32.2. The first-order valence-electron chi connectivity index (χ1n) is 7.04. The summed E-state index contributed by atoms with van der Waals surface area (Å²) in [6, 6.07) is 13.7. The van der Waals surface area contributed by atoms with Crippen LogP contribution < -0.4 is 5.32 Å². The van der Waals surface area contributed by atoms with Crippen molar-refractivity contribution in [2.24, 2.45) is 0 Å². The normalized spacial score (nSPS) is 13.4. The van der Waals surface area contributed by atoms with Gasteiger partial charge in [0.1, 0.15) is 5.69 Å². The third-order valence-corrected chi connectivity index (χ3v) is 4.73. The van der Waals surface area contributed by atoms with Crippen molar-refractivity contribution in [2.45, 2.75) is 36.1 Å². The predicted octanol–water partition coefficient (Wildman–Crippen LogP) is 3.97. The van der Waals surface area contributed by atoms with Crippen LogP contribution in [0.25, 0.3) is 0 Å². The quantitative estimate of drug-likeness (QED) is 0.646. The Morgan fingerprint density at radius 2 is 1.86 bits per heavy atom. The van der Waals surface area contributed by atoms with Gasteiger partial charge in [0.25, 0.3) is 5.69 Å². The Morgan fingerprint density at radius 1 is 1.18 bits per heavy atom. The maximum absolute atomic E-state index is 12.5. The zero-order valence-corrected chi connectivity index (χ0v) is 13.3. The van der Waals surface area contributed by atoms with E-state index in [1.54, 1.807) is 36.4 Å². The molecule has 2 aromatic rings. The molecule has 0 heterocycles. The summed E-state index contributed by atoms with van der Waals surface area (Å²) in [5.41, 5.74) is 0.398. The van der Waals surface area contributed by atoms with Crippen molar-refractivity contribution >= 4 is 22.2 Å². The summed E-state index contributed by atoms with van der Waals surface area (Å²) in [7, 11) is -1.43. The second-order valence-corrected chi connectivity index (χ2v) is 6.45. The van der Waals surface area contributed by atoms with Crippen molar-refractivity contribution in [3.8, 4) is 0 Å². The minimum atomic E-state index is -1.43. The van der Waals surface area contributed by atoms with Crippen molar-refractivity contribution in [2.75, 3.05) is 5.32 Å². The van der Waals surface area contributed by atoms with E-state index < -0.39 is 15.7 Å². The van der Waals surface area contributed by atoms with Crippen LogP contribution in [-0.4, -0.2) is 15.2 Å². The number of hydrogen-bond donors (Lipinski definition) is 1. The molecule has 1 N–H and O–H groups in total. The highest BCUT2D eigenvalue weighted by Gasteiger charge is 2.18. The van der Waals surface area contributed by atoms with Gasteiger partial charge in [0, 0.05) is 17.0 Å². The predicted molar refractivity (Wildman–Crippen MR) is 87.6 cm³/mol. The van der Waals surface area contributed by atoms with Crippen molar-refractivity contribution in [1.29, 1.82) is 0 Å². The van der Waals surface area contributed by atoms with Crippen LogP contribution in [0.3, 0.4) is 0 Å². The molecule has 0 saturated carbocycles. The minimum Gasteiger partial charge on any atom is -0.377 e. The van der Waals surface area contributed by atoms with Crippen LogP contribution in [0.15, 0.2) is 58.3 Å². The van der Waals surface area contributed by atoms with Crippen LogP contribution in [0.5, 0.6) is 0 Å². The number of rotatable bonds is 6. The van der Waals surface area contributed by atoms with Crippen LogP contribution in [0.4, 0.5) is 11.4 Å². The molecule has 0 aliphatic heterocycles. The number of nitro benzene ring substituents is 1. The number of benzene rings is 2. The molecule has 22 heavy (non-hydrogen) atoms. The van der Waals surface area contributed by atoms with E-state index in [2.05, 4.69) is 5.32 Å². The van der Waals surface area contributed by atoms with E-state index in [0.717, 1.165) is 6.42 Å². The lowest BCUT2D eigenvalue weighted by Crippen LogP contribution is -2.14. The molecule has 0 fully saturated rings. The second kappa shape index (κ2) is 7.17. The van der Waals surface area contributed by atoms with E-state index in [9.17, 15) is 14.3 Å². The zero-order chi connectivity index (χ0) is 16.1. The molecule has 0 spiro atoms. The maximum atomic E-state index is 12.5. The largest absolute Gasteiger partial charge is 0.377 e. The van der Waals surface area contributed by atoms with E-state index in [4.69, 9.17) is 0 Å². The summed E-state index contributed by atoms with van der Waals surface area (Å²) in [6.07, 6.45) is 0.856. The fourth-order valence-corrected chi connectivity index (χ4v) is 3.03. The summed E-state index contributed by atoms with van der Waals surface area (Å²) < 4.78 is 12.5. The third-order valence-electron chi connectivity index (χ3n) is 3.35. The Hall–Kier alpha value is -2.21. The van der Waals surface area contributed by atoms with Crippen molar-refractivity contribution in [3.63, 3.8) is 0 Å². The number of nitrogens with one attached hydrogen (secondary N) is 1. The summed E-state index contributed by atoms with van der Waals surface area (Å²) in [4.78, 5) is 11.9. The molecule has 2 atom stereocenters. The molecule has 0 aromatic heterocycles. The molecular formula is C16H18N2O3S. The highest BCUT2D eigenvalue weighted by molar-refractivity contribution is 7.85. The lowest BCUT2D eigenvalue weighted by Gasteiger charge is -2.13. The Bertz CT molecular complexity index is 689. The third kappa shape index (κ3) is 3.71. The molecule has 0 saturated heterocycles. The van der Waals surface area contributed by atoms with Gasteiger partial charge >= 0.3 is 0 Å². The van der Waals surface area contributed by atoms with Crippen molar-refractivity contribution in [3.05, 3.63) is 58.6 Å². The van der Waals surface area contributed by atoms with E-state index in [-0.39, 0.29) is 11.7 Å². The van der Waals surface area contributed by atoms with Gasteiger partial charge in [0.05, 0.1) is 20.6 Å². The fraction of sp³-hybridized carbons (Fsp3) is 0.250. The molecule has 0 amide bonds. The lowest BCUT2D eigenvalue weighted by atomic mass is 10.2. The van der Waals surface area contributed by atoms with E-state index >= 15 is 0 Å². The van der Waals surface area contributed by atoms with Gasteiger partial charge in [-0.25, -0.2) is 4.21 Å². The summed E-state index contributed by atoms with van der Waals surface area (Å²) >= 11 is 0. The van der Waals surface area contributed by atoms with Crippen LogP contribution >= 0.6 is 0 Å². The summed E-state index contributed by atoms with van der Waals surface area (Å²) in [5, 5.41) is 14.4. The number of nitro groups is 1. The van der Waals surface area contributed by atoms with Gasteiger partial charge < -0.3 is 5.32 Å². The molecule has 0 aliphatic carbocycles. The monoisotopic (exact) mass is 318 g/mol.